The molecule has 0 aliphatic rings. The number of hydrogen-bond donors (Lipinski definition) is 3. The predicted molar refractivity (Wildman–Crippen MR) is 70.4 cm³/mol. The molecule has 0 aromatic carbocycles. The highest BCUT2D eigenvalue weighted by Gasteiger charge is 2.11. The van der Waals surface area contributed by atoms with Crippen LogP contribution in [0.5, 0.6) is 0 Å². The number of halogens is 1. The zero-order valence-electron chi connectivity index (χ0n) is 9.79. The van der Waals surface area contributed by atoms with Crippen LogP contribution in [0, 0.1) is 12.8 Å². The van der Waals surface area contributed by atoms with Crippen LogP contribution in [0.1, 0.15) is 19.4 Å². The first-order valence-electron chi connectivity index (χ1n) is 5.26. The maximum absolute atomic E-state index is 9.67. The van der Waals surface area contributed by atoms with Gasteiger partial charge in [-0.1, -0.05) is 13.8 Å². The number of rotatable bonds is 4. The number of nitrogen functional groups attached to an aromatic ring is 1. The standard InChI is InChI=1S/C11H18BrN3O/c1-6(2)9(16)5-15-11-10(12)7(3)8(13)4-14-11/h4,6,9,16H,5,13H2,1-3H3,(H,14,15). The van der Waals surface area contributed by atoms with Crippen molar-refractivity contribution in [2.24, 2.45) is 5.92 Å². The van der Waals surface area contributed by atoms with Gasteiger partial charge in [0.25, 0.3) is 0 Å². The number of aliphatic hydroxyl groups is 1. The van der Waals surface area contributed by atoms with Crippen molar-refractivity contribution in [3.05, 3.63) is 16.2 Å². The van der Waals surface area contributed by atoms with Crippen molar-refractivity contribution in [2.75, 3.05) is 17.6 Å². The number of hydrogen-bond acceptors (Lipinski definition) is 4. The van der Waals surface area contributed by atoms with Gasteiger partial charge in [0, 0.05) is 6.54 Å². The summed E-state index contributed by atoms with van der Waals surface area (Å²) in [5, 5.41) is 12.8. The van der Waals surface area contributed by atoms with E-state index in [9.17, 15) is 5.11 Å². The highest BCUT2D eigenvalue weighted by molar-refractivity contribution is 9.10. The quantitative estimate of drug-likeness (QED) is 0.794. The normalized spacial score (nSPS) is 12.9. The predicted octanol–water partition coefficient (Wildman–Crippen LogP) is 2.16. The average Bonchev–Trinajstić information content (AvgIpc) is 2.24. The zero-order valence-corrected chi connectivity index (χ0v) is 11.4. The van der Waals surface area contributed by atoms with Crippen LogP contribution < -0.4 is 11.1 Å². The number of nitrogens with two attached hydrogens (primary N) is 1. The Hall–Kier alpha value is -0.810. The summed E-state index contributed by atoms with van der Waals surface area (Å²) in [6, 6.07) is 0. The lowest BCUT2D eigenvalue weighted by Crippen LogP contribution is -2.25. The van der Waals surface area contributed by atoms with Gasteiger partial charge in [-0.05, 0) is 34.3 Å². The summed E-state index contributed by atoms with van der Waals surface area (Å²) in [5.74, 6) is 0.938. The van der Waals surface area contributed by atoms with Gasteiger partial charge in [-0.3, -0.25) is 0 Å². The largest absolute Gasteiger partial charge is 0.397 e. The molecule has 1 unspecified atom stereocenters. The summed E-state index contributed by atoms with van der Waals surface area (Å²) in [6.45, 7) is 6.35. The Bertz CT molecular complexity index is 368. The van der Waals surface area contributed by atoms with E-state index in [1.54, 1.807) is 6.20 Å². The minimum Gasteiger partial charge on any atom is -0.397 e. The molecule has 0 radical (unpaired) electrons. The van der Waals surface area contributed by atoms with Gasteiger partial charge in [0.2, 0.25) is 0 Å². The Balaban J connectivity index is 2.72. The summed E-state index contributed by atoms with van der Waals surface area (Å²) in [5.41, 5.74) is 7.33. The maximum Gasteiger partial charge on any atom is 0.140 e. The van der Waals surface area contributed by atoms with Crippen molar-refractivity contribution in [2.45, 2.75) is 26.9 Å². The molecule has 0 spiro atoms. The summed E-state index contributed by atoms with van der Waals surface area (Å²) in [7, 11) is 0. The molecule has 0 amide bonds. The number of pyridine rings is 1. The van der Waals surface area contributed by atoms with E-state index in [1.807, 2.05) is 20.8 Å². The highest BCUT2D eigenvalue weighted by Crippen LogP contribution is 2.27. The van der Waals surface area contributed by atoms with Crippen LogP contribution in [0.4, 0.5) is 11.5 Å². The summed E-state index contributed by atoms with van der Waals surface area (Å²) >= 11 is 3.43. The molecule has 0 aliphatic heterocycles. The Morgan fingerprint density at radius 3 is 2.75 bits per heavy atom. The van der Waals surface area contributed by atoms with Gasteiger partial charge in [-0.15, -0.1) is 0 Å². The maximum atomic E-state index is 9.67. The van der Waals surface area contributed by atoms with Crippen LogP contribution in [-0.4, -0.2) is 22.7 Å². The number of aromatic nitrogens is 1. The van der Waals surface area contributed by atoms with E-state index >= 15 is 0 Å². The lowest BCUT2D eigenvalue weighted by molar-refractivity contribution is 0.138. The molecular weight excluding hydrogens is 270 g/mol. The monoisotopic (exact) mass is 287 g/mol. The van der Waals surface area contributed by atoms with Crippen molar-refractivity contribution >= 4 is 27.4 Å². The summed E-state index contributed by atoms with van der Waals surface area (Å²) < 4.78 is 0.850. The molecule has 1 atom stereocenters. The number of anilines is 2. The second-order valence-electron chi connectivity index (χ2n) is 4.19. The van der Waals surface area contributed by atoms with E-state index < -0.39 is 0 Å². The number of aliphatic hydroxyl groups excluding tert-OH is 1. The first kappa shape index (κ1) is 13.3. The fourth-order valence-corrected chi connectivity index (χ4v) is 1.62. The van der Waals surface area contributed by atoms with Crippen LogP contribution in [0.2, 0.25) is 0 Å². The minimum absolute atomic E-state index is 0.223. The molecule has 0 fully saturated rings. The van der Waals surface area contributed by atoms with E-state index in [1.165, 1.54) is 0 Å². The van der Waals surface area contributed by atoms with Crippen molar-refractivity contribution in [1.29, 1.82) is 0 Å². The van der Waals surface area contributed by atoms with Gasteiger partial charge >= 0.3 is 0 Å². The van der Waals surface area contributed by atoms with Gasteiger partial charge < -0.3 is 16.2 Å². The van der Waals surface area contributed by atoms with E-state index in [0.29, 0.717) is 18.1 Å². The Morgan fingerprint density at radius 2 is 2.19 bits per heavy atom. The van der Waals surface area contributed by atoms with Crippen molar-refractivity contribution in [1.82, 2.24) is 4.98 Å². The fourth-order valence-electron chi connectivity index (χ4n) is 1.15. The third kappa shape index (κ3) is 3.09. The van der Waals surface area contributed by atoms with Crippen LogP contribution in [0.25, 0.3) is 0 Å². The van der Waals surface area contributed by atoms with E-state index in [0.717, 1.165) is 10.0 Å². The van der Waals surface area contributed by atoms with Crippen molar-refractivity contribution in [3.63, 3.8) is 0 Å². The Kier molecular flexibility index (Phi) is 4.56. The minimum atomic E-state index is -0.383. The first-order valence-corrected chi connectivity index (χ1v) is 6.05. The molecule has 1 aromatic rings. The van der Waals surface area contributed by atoms with Gasteiger partial charge in [0.1, 0.15) is 5.82 Å². The number of nitrogens with zero attached hydrogens (tertiary/aromatic N) is 1. The van der Waals surface area contributed by atoms with E-state index in [-0.39, 0.29) is 12.0 Å². The lowest BCUT2D eigenvalue weighted by atomic mass is 10.1. The second kappa shape index (κ2) is 5.50. The molecule has 4 nitrogen and oxygen atoms in total. The smallest absolute Gasteiger partial charge is 0.140 e. The topological polar surface area (TPSA) is 71.2 Å². The van der Waals surface area contributed by atoms with Gasteiger partial charge in [-0.2, -0.15) is 0 Å². The SMILES string of the molecule is Cc1c(N)cnc(NCC(O)C(C)C)c1Br. The molecule has 1 aromatic heterocycles. The fraction of sp³-hybridized carbons (Fsp3) is 0.545. The lowest BCUT2D eigenvalue weighted by Gasteiger charge is -2.17. The molecule has 1 rings (SSSR count). The molecule has 0 bridgehead atoms. The molecule has 0 saturated carbocycles. The summed E-state index contributed by atoms with van der Waals surface area (Å²) in [6.07, 6.45) is 1.23. The van der Waals surface area contributed by atoms with Crippen molar-refractivity contribution in [3.8, 4) is 0 Å². The summed E-state index contributed by atoms with van der Waals surface area (Å²) in [4.78, 5) is 4.18. The van der Waals surface area contributed by atoms with Gasteiger partial charge in [-0.25, -0.2) is 4.98 Å². The molecule has 0 saturated heterocycles. The number of nitrogens with one attached hydrogen (secondary N) is 1. The average molecular weight is 288 g/mol. The molecule has 90 valence electrons. The third-order valence-corrected chi connectivity index (χ3v) is 3.52. The first-order chi connectivity index (χ1) is 7.43. The second-order valence-corrected chi connectivity index (χ2v) is 4.99. The molecule has 5 heteroatoms. The molecular formula is C11H18BrN3O. The molecule has 16 heavy (non-hydrogen) atoms. The van der Waals surface area contributed by atoms with Crippen molar-refractivity contribution < 1.29 is 5.11 Å². The van der Waals surface area contributed by atoms with E-state index in [2.05, 4.69) is 26.2 Å². The molecule has 0 aliphatic carbocycles. The van der Waals surface area contributed by atoms with Crippen LogP contribution in [0.15, 0.2) is 10.7 Å². The molecule has 1 heterocycles. The van der Waals surface area contributed by atoms with E-state index in [4.69, 9.17) is 5.73 Å². The third-order valence-electron chi connectivity index (χ3n) is 2.55. The highest BCUT2D eigenvalue weighted by atomic mass is 79.9. The Labute approximate surface area is 104 Å². The molecule has 4 N–H and O–H groups in total. The zero-order chi connectivity index (χ0) is 12.3. The Morgan fingerprint density at radius 1 is 1.56 bits per heavy atom. The van der Waals surface area contributed by atoms with Crippen LogP contribution >= 0.6 is 15.9 Å². The van der Waals surface area contributed by atoms with Gasteiger partial charge in [0.05, 0.1) is 22.5 Å². The van der Waals surface area contributed by atoms with Crippen LogP contribution in [-0.2, 0) is 0 Å². The van der Waals surface area contributed by atoms with Crippen LogP contribution in [0.3, 0.4) is 0 Å². The van der Waals surface area contributed by atoms with Gasteiger partial charge in [0.15, 0.2) is 0 Å².